The van der Waals surface area contributed by atoms with Crippen molar-refractivity contribution in [3.8, 4) is 0 Å². The van der Waals surface area contributed by atoms with Gasteiger partial charge in [-0.1, -0.05) is 17.2 Å². The minimum atomic E-state index is -1.16. The van der Waals surface area contributed by atoms with E-state index in [2.05, 4.69) is 6.08 Å². The van der Waals surface area contributed by atoms with Crippen molar-refractivity contribution in [2.45, 2.75) is 58.7 Å². The van der Waals surface area contributed by atoms with E-state index in [0.717, 1.165) is 36.6 Å². The molecule has 2 aliphatic rings. The van der Waals surface area contributed by atoms with Crippen molar-refractivity contribution < 1.29 is 32.6 Å². The van der Waals surface area contributed by atoms with Gasteiger partial charge in [-0.05, 0) is 70.0 Å². The smallest absolute Gasteiger partial charge is 0.338 e. The summed E-state index contributed by atoms with van der Waals surface area (Å²) in [5.41, 5.74) is 0.885. The van der Waals surface area contributed by atoms with E-state index >= 15 is 0 Å². The highest BCUT2D eigenvalue weighted by atomic mass is 19.2. The topological polar surface area (TPSA) is 69.7 Å². The zero-order chi connectivity index (χ0) is 23.5. The number of carbonyl (C=O) groups excluding carboxylic acids is 3. The number of ether oxygens (including phenoxy) is 2. The van der Waals surface area contributed by atoms with Crippen LogP contribution in [0.4, 0.5) is 8.78 Å². The molecule has 1 spiro atoms. The van der Waals surface area contributed by atoms with E-state index in [-0.39, 0.29) is 24.2 Å². The molecular weight excluding hydrogens is 418 g/mol. The average molecular weight is 444 g/mol. The summed E-state index contributed by atoms with van der Waals surface area (Å²) in [5, 5.41) is 0. The third kappa shape index (κ3) is 5.21. The van der Waals surface area contributed by atoms with Gasteiger partial charge in [-0.15, -0.1) is 0 Å². The highest BCUT2D eigenvalue weighted by Crippen LogP contribution is 2.45. The molecule has 5 nitrogen and oxygen atoms in total. The Morgan fingerprint density at radius 3 is 2.66 bits per heavy atom. The van der Waals surface area contributed by atoms with Gasteiger partial charge in [0.1, 0.15) is 12.2 Å². The molecule has 1 heterocycles. The van der Waals surface area contributed by atoms with Gasteiger partial charge in [0, 0.05) is 6.42 Å². The molecule has 0 radical (unpaired) electrons. The van der Waals surface area contributed by atoms with Gasteiger partial charge in [0.15, 0.2) is 17.4 Å². The molecule has 0 saturated carbocycles. The molecule has 1 aromatic rings. The van der Waals surface area contributed by atoms with Crippen molar-refractivity contribution in [1.29, 1.82) is 0 Å². The number of ketones is 1. The van der Waals surface area contributed by atoms with Crippen LogP contribution in [0.25, 0.3) is 0 Å². The maximum atomic E-state index is 13.5. The van der Waals surface area contributed by atoms with E-state index in [1.807, 2.05) is 20.8 Å². The van der Waals surface area contributed by atoms with E-state index in [4.69, 9.17) is 9.47 Å². The molecular formula is C25H26F2O5. The van der Waals surface area contributed by atoms with Crippen molar-refractivity contribution >= 4 is 17.7 Å². The second-order valence-corrected chi connectivity index (χ2v) is 8.58. The summed E-state index contributed by atoms with van der Waals surface area (Å²) in [6.45, 7) is 5.95. The zero-order valence-corrected chi connectivity index (χ0v) is 18.3. The Bertz CT molecular complexity index is 1020. The summed E-state index contributed by atoms with van der Waals surface area (Å²) in [6, 6.07) is 2.72. The quantitative estimate of drug-likeness (QED) is 0.456. The highest BCUT2D eigenvalue weighted by molar-refractivity contribution is 6.00. The molecule has 0 N–H and O–H groups in total. The molecule has 1 fully saturated rings. The van der Waals surface area contributed by atoms with Crippen LogP contribution in [0.3, 0.4) is 0 Å². The Morgan fingerprint density at radius 2 is 1.97 bits per heavy atom. The lowest BCUT2D eigenvalue weighted by molar-refractivity contribution is -0.140. The van der Waals surface area contributed by atoms with Crippen LogP contribution in [0.1, 0.15) is 56.8 Å². The third-order valence-corrected chi connectivity index (χ3v) is 5.72. The van der Waals surface area contributed by atoms with Crippen molar-refractivity contribution in [3.63, 3.8) is 0 Å². The first kappa shape index (κ1) is 23.6. The van der Waals surface area contributed by atoms with Gasteiger partial charge >= 0.3 is 11.9 Å². The first-order chi connectivity index (χ1) is 15.1. The van der Waals surface area contributed by atoms with Crippen LogP contribution < -0.4 is 0 Å². The van der Waals surface area contributed by atoms with Gasteiger partial charge in [0.25, 0.3) is 0 Å². The number of esters is 2. The molecule has 32 heavy (non-hydrogen) atoms. The number of carbonyl (C=O) groups is 3. The van der Waals surface area contributed by atoms with E-state index in [1.54, 1.807) is 6.08 Å². The van der Waals surface area contributed by atoms with Gasteiger partial charge in [-0.2, -0.15) is 0 Å². The number of cyclic esters (lactones) is 1. The number of benzene rings is 1. The first-order valence-corrected chi connectivity index (χ1v) is 10.5. The summed E-state index contributed by atoms with van der Waals surface area (Å²) in [6.07, 6.45) is 6.61. The lowest BCUT2D eigenvalue weighted by Gasteiger charge is -2.34. The van der Waals surface area contributed by atoms with Crippen molar-refractivity contribution in [2.24, 2.45) is 5.41 Å². The average Bonchev–Trinajstić information content (AvgIpc) is 3.01. The molecule has 170 valence electrons. The molecule has 1 saturated heterocycles. The van der Waals surface area contributed by atoms with Gasteiger partial charge in [-0.3, -0.25) is 9.59 Å². The summed E-state index contributed by atoms with van der Waals surface area (Å²) >= 11 is 0. The molecule has 3 rings (SSSR count). The second kappa shape index (κ2) is 9.59. The summed E-state index contributed by atoms with van der Waals surface area (Å²) in [4.78, 5) is 37.4. The van der Waals surface area contributed by atoms with Gasteiger partial charge in [0.2, 0.25) is 0 Å². The van der Waals surface area contributed by atoms with E-state index in [9.17, 15) is 23.2 Å². The molecule has 0 amide bonds. The number of hydrogen-bond acceptors (Lipinski definition) is 5. The summed E-state index contributed by atoms with van der Waals surface area (Å²) < 4.78 is 37.5. The third-order valence-electron chi connectivity index (χ3n) is 5.72. The number of rotatable bonds is 6. The SMILES string of the molecule is CC(C)=CCC/C(C)=C/[C@H]1OC(=O)C[C@]12C[C@H](OC(=O)c1ccc(F)c(F)c1)C=CC2=O. The summed E-state index contributed by atoms with van der Waals surface area (Å²) in [7, 11) is 0. The molecule has 1 aliphatic heterocycles. The minimum Gasteiger partial charge on any atom is -0.457 e. The maximum absolute atomic E-state index is 13.5. The predicted octanol–water partition coefficient (Wildman–Crippen LogP) is 5.01. The van der Waals surface area contributed by atoms with Gasteiger partial charge in [-0.25, -0.2) is 13.6 Å². The lowest BCUT2D eigenvalue weighted by atomic mass is 9.69. The van der Waals surface area contributed by atoms with Crippen LogP contribution in [0.2, 0.25) is 0 Å². The standard InChI is InChI=1S/C25H26F2O5/c1-15(2)5-4-6-16(3)11-22-25(14-23(29)32-22)13-18(8-10-21(25)28)31-24(30)17-7-9-19(26)20(27)12-17/h5,7-12,18,22H,4,6,13-14H2,1-3H3/b16-11+/t18-,22-,25+/m1/s1. The highest BCUT2D eigenvalue weighted by Gasteiger charge is 2.55. The van der Waals surface area contributed by atoms with Crippen LogP contribution in [0.15, 0.2) is 53.6 Å². The number of hydrogen-bond donors (Lipinski definition) is 0. The van der Waals surface area contributed by atoms with Crippen molar-refractivity contribution in [1.82, 2.24) is 0 Å². The lowest BCUT2D eigenvalue weighted by Crippen LogP contribution is -2.43. The number of allylic oxidation sites excluding steroid dienone is 4. The van der Waals surface area contributed by atoms with Crippen LogP contribution in [0, 0.1) is 17.0 Å². The minimum absolute atomic E-state index is 0.0614. The zero-order valence-electron chi connectivity index (χ0n) is 18.3. The Morgan fingerprint density at radius 1 is 1.22 bits per heavy atom. The first-order valence-electron chi connectivity index (χ1n) is 10.5. The van der Waals surface area contributed by atoms with Gasteiger partial charge in [0.05, 0.1) is 17.4 Å². The van der Waals surface area contributed by atoms with E-state index in [0.29, 0.717) is 0 Å². The Hall–Kier alpha value is -3.09. The van der Waals surface area contributed by atoms with E-state index in [1.165, 1.54) is 17.7 Å². The monoisotopic (exact) mass is 444 g/mol. The second-order valence-electron chi connectivity index (χ2n) is 8.58. The molecule has 1 aromatic carbocycles. The van der Waals surface area contributed by atoms with Crippen LogP contribution in [0.5, 0.6) is 0 Å². The molecule has 1 aliphatic carbocycles. The largest absolute Gasteiger partial charge is 0.457 e. The van der Waals surface area contributed by atoms with Gasteiger partial charge < -0.3 is 9.47 Å². The van der Waals surface area contributed by atoms with Crippen molar-refractivity contribution in [3.05, 3.63) is 70.8 Å². The molecule has 0 aromatic heterocycles. The molecule has 7 heteroatoms. The van der Waals surface area contributed by atoms with E-state index < -0.39 is 41.2 Å². The van der Waals surface area contributed by atoms with Crippen molar-refractivity contribution in [2.75, 3.05) is 0 Å². The van der Waals surface area contributed by atoms with Crippen LogP contribution in [-0.2, 0) is 19.1 Å². The normalized spacial score (nSPS) is 25.1. The predicted molar refractivity (Wildman–Crippen MR) is 114 cm³/mol. The Balaban J connectivity index is 1.77. The Labute approximate surface area is 185 Å². The summed E-state index contributed by atoms with van der Waals surface area (Å²) in [5.74, 6) is -3.83. The number of halogens is 2. The maximum Gasteiger partial charge on any atom is 0.338 e. The molecule has 0 unspecified atom stereocenters. The molecule has 3 atom stereocenters. The fraction of sp³-hybridized carbons (Fsp3) is 0.400. The van der Waals surface area contributed by atoms with Crippen LogP contribution in [-0.4, -0.2) is 29.9 Å². The molecule has 0 bridgehead atoms. The fourth-order valence-corrected chi connectivity index (χ4v) is 3.99. The van der Waals surface area contributed by atoms with Crippen LogP contribution >= 0.6 is 0 Å². The fourth-order valence-electron chi connectivity index (χ4n) is 3.99. The Kier molecular flexibility index (Phi) is 7.06.